The predicted molar refractivity (Wildman–Crippen MR) is 79.2 cm³/mol. The fourth-order valence-electron chi connectivity index (χ4n) is 2.74. The molecule has 2 unspecified atom stereocenters. The van der Waals surface area contributed by atoms with Crippen molar-refractivity contribution in [2.45, 2.75) is 46.7 Å². The van der Waals surface area contributed by atoms with E-state index in [0.29, 0.717) is 12.1 Å². The first-order valence-electron chi connectivity index (χ1n) is 7.06. The minimum atomic E-state index is -0.110. The minimum absolute atomic E-state index is 0.110. The number of hydrogen-bond donors (Lipinski definition) is 1. The van der Waals surface area contributed by atoms with Crippen LogP contribution in [0.1, 0.15) is 33.3 Å². The molecule has 2 nitrogen and oxygen atoms in total. The van der Waals surface area contributed by atoms with Gasteiger partial charge >= 0.3 is 0 Å². The van der Waals surface area contributed by atoms with Crippen LogP contribution >= 0.6 is 0 Å². The minimum Gasteiger partial charge on any atom is -0.363 e. The van der Waals surface area contributed by atoms with E-state index in [0.717, 1.165) is 24.3 Å². The van der Waals surface area contributed by atoms with Crippen molar-refractivity contribution < 1.29 is 4.39 Å². The molecule has 1 saturated heterocycles. The summed E-state index contributed by atoms with van der Waals surface area (Å²) >= 11 is 0. The lowest BCUT2D eigenvalue weighted by atomic mass is 9.84. The third-order valence-electron chi connectivity index (χ3n) is 4.09. The van der Waals surface area contributed by atoms with Crippen molar-refractivity contribution in [3.63, 3.8) is 0 Å². The number of anilines is 1. The van der Waals surface area contributed by atoms with Crippen molar-refractivity contribution in [2.24, 2.45) is 5.41 Å². The van der Waals surface area contributed by atoms with Crippen LogP contribution in [0.4, 0.5) is 10.1 Å². The van der Waals surface area contributed by atoms with E-state index in [9.17, 15) is 4.39 Å². The van der Waals surface area contributed by atoms with Gasteiger partial charge in [0.25, 0.3) is 0 Å². The normalized spacial score (nSPS) is 24.6. The van der Waals surface area contributed by atoms with E-state index in [1.807, 2.05) is 13.0 Å². The van der Waals surface area contributed by atoms with Crippen LogP contribution in [0.5, 0.6) is 0 Å². The third kappa shape index (κ3) is 2.92. The van der Waals surface area contributed by atoms with Gasteiger partial charge in [0.15, 0.2) is 0 Å². The molecule has 0 radical (unpaired) electrons. The van der Waals surface area contributed by atoms with Gasteiger partial charge in [0, 0.05) is 25.2 Å². The summed E-state index contributed by atoms with van der Waals surface area (Å²) in [6, 6.07) is 6.02. The highest BCUT2D eigenvalue weighted by Crippen LogP contribution is 2.30. The highest BCUT2D eigenvalue weighted by molar-refractivity contribution is 5.55. The van der Waals surface area contributed by atoms with E-state index in [1.165, 1.54) is 0 Å². The van der Waals surface area contributed by atoms with Crippen LogP contribution < -0.4 is 10.2 Å². The SMILES string of the molecule is Cc1cccc(F)c1N1CC(C(C)(C)C)NCC1C. The monoisotopic (exact) mass is 264 g/mol. The van der Waals surface area contributed by atoms with E-state index in [4.69, 9.17) is 0 Å². The zero-order chi connectivity index (χ0) is 14.2. The molecule has 0 aromatic heterocycles. The van der Waals surface area contributed by atoms with Gasteiger partial charge in [-0.15, -0.1) is 0 Å². The second-order valence-electron chi connectivity index (χ2n) is 6.73. The largest absolute Gasteiger partial charge is 0.363 e. The van der Waals surface area contributed by atoms with E-state index in [1.54, 1.807) is 12.1 Å². The van der Waals surface area contributed by atoms with Gasteiger partial charge in [-0.3, -0.25) is 0 Å². The molecule has 1 aliphatic heterocycles. The van der Waals surface area contributed by atoms with Crippen LogP contribution in [0.15, 0.2) is 18.2 Å². The highest BCUT2D eigenvalue weighted by atomic mass is 19.1. The molecule has 2 rings (SSSR count). The van der Waals surface area contributed by atoms with E-state index in [2.05, 4.69) is 37.9 Å². The van der Waals surface area contributed by atoms with Crippen LogP contribution in [0.3, 0.4) is 0 Å². The average molecular weight is 264 g/mol. The lowest BCUT2D eigenvalue weighted by Gasteiger charge is -2.45. The van der Waals surface area contributed by atoms with Crippen molar-refractivity contribution in [3.05, 3.63) is 29.6 Å². The van der Waals surface area contributed by atoms with Crippen LogP contribution in [-0.2, 0) is 0 Å². The first-order valence-corrected chi connectivity index (χ1v) is 7.06. The number of hydrogen-bond acceptors (Lipinski definition) is 2. The molecule has 1 aromatic carbocycles. The van der Waals surface area contributed by atoms with Gasteiger partial charge in [-0.05, 0) is 30.9 Å². The Bertz CT molecular complexity index is 430. The lowest BCUT2D eigenvalue weighted by Crippen LogP contribution is -2.60. The summed E-state index contributed by atoms with van der Waals surface area (Å²) in [7, 11) is 0. The summed E-state index contributed by atoms with van der Waals surface area (Å²) in [6.45, 7) is 12.6. The first-order chi connectivity index (χ1) is 8.80. The standard InChI is InChI=1S/C16H25FN2/c1-11-7-6-8-13(17)15(11)19-10-14(16(3,4)5)18-9-12(19)2/h6-8,12,14,18H,9-10H2,1-5H3. The number of halogens is 1. The van der Waals surface area contributed by atoms with Gasteiger partial charge < -0.3 is 10.2 Å². The number of aryl methyl sites for hydroxylation is 1. The molecule has 1 heterocycles. The molecule has 2 atom stereocenters. The molecule has 0 bridgehead atoms. The van der Waals surface area contributed by atoms with Gasteiger partial charge in [-0.2, -0.15) is 0 Å². The summed E-state index contributed by atoms with van der Waals surface area (Å²) in [5.41, 5.74) is 1.96. The van der Waals surface area contributed by atoms with Crippen molar-refractivity contribution >= 4 is 5.69 Å². The number of rotatable bonds is 1. The number of piperazine rings is 1. The molecule has 0 spiro atoms. The second-order valence-corrected chi connectivity index (χ2v) is 6.73. The molecule has 106 valence electrons. The quantitative estimate of drug-likeness (QED) is 0.837. The average Bonchev–Trinajstić information content (AvgIpc) is 2.29. The topological polar surface area (TPSA) is 15.3 Å². The molecule has 0 saturated carbocycles. The van der Waals surface area contributed by atoms with E-state index in [-0.39, 0.29) is 11.2 Å². The second kappa shape index (κ2) is 5.12. The summed E-state index contributed by atoms with van der Waals surface area (Å²) in [5, 5.41) is 3.58. The van der Waals surface area contributed by atoms with Gasteiger partial charge in [-0.1, -0.05) is 32.9 Å². The lowest BCUT2D eigenvalue weighted by molar-refractivity contribution is 0.238. The Labute approximate surface area is 116 Å². The molecule has 0 amide bonds. The van der Waals surface area contributed by atoms with E-state index < -0.39 is 0 Å². The maximum absolute atomic E-state index is 14.2. The fourth-order valence-corrected chi connectivity index (χ4v) is 2.74. The summed E-state index contributed by atoms with van der Waals surface area (Å²) in [5.74, 6) is -0.110. The van der Waals surface area contributed by atoms with Crippen molar-refractivity contribution in [3.8, 4) is 0 Å². The van der Waals surface area contributed by atoms with Crippen LogP contribution in [-0.4, -0.2) is 25.2 Å². The zero-order valence-electron chi connectivity index (χ0n) is 12.6. The predicted octanol–water partition coefficient (Wildman–Crippen LogP) is 3.35. The van der Waals surface area contributed by atoms with Gasteiger partial charge in [0.1, 0.15) is 5.82 Å². The Morgan fingerprint density at radius 1 is 1.32 bits per heavy atom. The molecule has 19 heavy (non-hydrogen) atoms. The number of nitrogens with one attached hydrogen (secondary N) is 1. The fraction of sp³-hybridized carbons (Fsp3) is 0.625. The Kier molecular flexibility index (Phi) is 3.86. The maximum Gasteiger partial charge on any atom is 0.146 e. The molecule has 1 fully saturated rings. The Morgan fingerprint density at radius 3 is 2.58 bits per heavy atom. The smallest absolute Gasteiger partial charge is 0.146 e. The third-order valence-corrected chi connectivity index (χ3v) is 4.09. The molecular weight excluding hydrogens is 239 g/mol. The Hall–Kier alpha value is -1.09. The Morgan fingerprint density at radius 2 is 2.00 bits per heavy atom. The zero-order valence-corrected chi connectivity index (χ0v) is 12.6. The number of para-hydroxylation sites is 1. The van der Waals surface area contributed by atoms with Crippen LogP contribution in [0.2, 0.25) is 0 Å². The van der Waals surface area contributed by atoms with Crippen molar-refractivity contribution in [2.75, 3.05) is 18.0 Å². The molecule has 1 aromatic rings. The molecular formula is C16H25FN2. The van der Waals surface area contributed by atoms with Crippen LogP contribution in [0.25, 0.3) is 0 Å². The van der Waals surface area contributed by atoms with Gasteiger partial charge in [0.2, 0.25) is 0 Å². The Balaban J connectivity index is 2.32. The number of nitrogens with zero attached hydrogens (tertiary/aromatic N) is 1. The van der Waals surface area contributed by atoms with Crippen molar-refractivity contribution in [1.82, 2.24) is 5.32 Å². The molecule has 1 aliphatic rings. The van der Waals surface area contributed by atoms with Gasteiger partial charge in [0.05, 0.1) is 5.69 Å². The molecule has 0 aliphatic carbocycles. The molecule has 1 N–H and O–H groups in total. The molecule has 3 heteroatoms. The highest BCUT2D eigenvalue weighted by Gasteiger charge is 2.33. The number of benzene rings is 1. The van der Waals surface area contributed by atoms with Crippen molar-refractivity contribution in [1.29, 1.82) is 0 Å². The summed E-state index contributed by atoms with van der Waals surface area (Å²) in [6.07, 6.45) is 0. The first kappa shape index (κ1) is 14.3. The van der Waals surface area contributed by atoms with E-state index >= 15 is 0 Å². The summed E-state index contributed by atoms with van der Waals surface area (Å²) in [4.78, 5) is 2.22. The van der Waals surface area contributed by atoms with Crippen LogP contribution in [0, 0.1) is 18.2 Å². The van der Waals surface area contributed by atoms with Gasteiger partial charge in [-0.25, -0.2) is 4.39 Å². The maximum atomic E-state index is 14.2. The summed E-state index contributed by atoms with van der Waals surface area (Å²) < 4.78 is 14.2.